The summed E-state index contributed by atoms with van der Waals surface area (Å²) in [7, 11) is 0. The topological polar surface area (TPSA) is 99.2 Å². The Morgan fingerprint density at radius 1 is 1.09 bits per heavy atom. The van der Waals surface area contributed by atoms with Crippen LogP contribution in [0.25, 0.3) is 0 Å². The van der Waals surface area contributed by atoms with Gasteiger partial charge in [0.1, 0.15) is 11.6 Å². The normalized spacial score (nSPS) is 17.3. The van der Waals surface area contributed by atoms with Crippen molar-refractivity contribution in [1.29, 1.82) is 0 Å². The lowest BCUT2D eigenvalue weighted by atomic mass is 9.92. The number of amidine groups is 1. The first-order chi connectivity index (χ1) is 16.9. The number of morpholine rings is 1. The number of ketones is 1. The molecule has 2 N–H and O–H groups in total. The molecule has 1 aromatic carbocycles. The minimum atomic E-state index is -0.385. The van der Waals surface area contributed by atoms with Crippen LogP contribution in [0.4, 0.5) is 26.4 Å². The number of nitrogens with one attached hydrogen (secondary N) is 2. The van der Waals surface area contributed by atoms with Crippen LogP contribution in [0, 0.1) is 11.7 Å². The van der Waals surface area contributed by atoms with Crippen molar-refractivity contribution in [2.75, 3.05) is 54.9 Å². The number of urea groups is 1. The molecule has 186 valence electrons. The molecule has 12 heteroatoms. The number of amides is 2. The van der Waals surface area contributed by atoms with Gasteiger partial charge in [-0.2, -0.15) is 3.21 Å². The molecule has 0 saturated carbocycles. The Bertz CT molecular complexity index is 1090. The first-order valence-electron chi connectivity index (χ1n) is 11.2. The van der Waals surface area contributed by atoms with E-state index in [-0.39, 0.29) is 29.4 Å². The minimum absolute atomic E-state index is 0.122. The van der Waals surface area contributed by atoms with Gasteiger partial charge in [-0.3, -0.25) is 4.79 Å². The number of likely N-dealkylation sites (tertiary alicyclic amines) is 1. The number of aromatic nitrogens is 1. The lowest BCUT2D eigenvalue weighted by molar-refractivity contribution is -0.117. The van der Waals surface area contributed by atoms with Crippen molar-refractivity contribution in [3.8, 4) is 0 Å². The van der Waals surface area contributed by atoms with E-state index in [0.29, 0.717) is 55.0 Å². The minimum Gasteiger partial charge on any atom is -0.378 e. The maximum Gasteiger partial charge on any atom is 0.321 e. The summed E-state index contributed by atoms with van der Waals surface area (Å²) < 4.78 is 23.2. The number of Topliss-reactive ketones (excluding diaryl/α,β-unsaturated/α-hetero) is 1. The second kappa shape index (κ2) is 12.1. The molecule has 0 spiro atoms. The summed E-state index contributed by atoms with van der Waals surface area (Å²) in [5, 5.41) is 5.86. The van der Waals surface area contributed by atoms with Crippen LogP contribution in [-0.4, -0.2) is 66.9 Å². The molecule has 0 unspecified atom stereocenters. The number of anilines is 3. The molecule has 3 heterocycles. The SMILES string of the molecule is O=C(/C(=N/I)Nc1ccc(F)c(Br)c1)C1CCN(C(=O)Nc2ccc(N3CCOCC3)nc2)CC1. The van der Waals surface area contributed by atoms with Gasteiger partial charge in [0.25, 0.3) is 0 Å². The van der Waals surface area contributed by atoms with Crippen LogP contribution >= 0.6 is 38.8 Å². The van der Waals surface area contributed by atoms with Crippen molar-refractivity contribution >= 4 is 73.6 Å². The summed E-state index contributed by atoms with van der Waals surface area (Å²) in [6, 6.07) is 7.93. The number of carbonyl (C=O) groups excluding carboxylic acids is 2. The zero-order chi connectivity index (χ0) is 24.8. The van der Waals surface area contributed by atoms with E-state index in [4.69, 9.17) is 4.74 Å². The number of halogens is 3. The molecule has 2 aliphatic rings. The zero-order valence-corrected chi connectivity index (χ0v) is 22.6. The van der Waals surface area contributed by atoms with Crippen LogP contribution in [0.15, 0.2) is 44.2 Å². The predicted molar refractivity (Wildman–Crippen MR) is 145 cm³/mol. The molecule has 0 bridgehead atoms. The molecule has 1 aromatic heterocycles. The third kappa shape index (κ3) is 6.67. The number of piperidine rings is 1. The number of rotatable bonds is 5. The Kier molecular flexibility index (Phi) is 8.89. The van der Waals surface area contributed by atoms with Gasteiger partial charge in [-0.25, -0.2) is 14.2 Å². The highest BCUT2D eigenvalue weighted by Gasteiger charge is 2.30. The molecular weight excluding hydrogens is 634 g/mol. The van der Waals surface area contributed by atoms with E-state index in [2.05, 4.69) is 39.7 Å². The van der Waals surface area contributed by atoms with E-state index in [1.54, 1.807) is 46.1 Å². The van der Waals surface area contributed by atoms with Gasteiger partial charge < -0.3 is 25.2 Å². The maximum atomic E-state index is 13.5. The van der Waals surface area contributed by atoms with E-state index in [9.17, 15) is 14.0 Å². The first kappa shape index (κ1) is 25.8. The van der Waals surface area contributed by atoms with Gasteiger partial charge in [-0.15, -0.1) is 0 Å². The Hall–Kier alpha value is -2.32. The van der Waals surface area contributed by atoms with Crippen LogP contribution in [0.1, 0.15) is 12.8 Å². The number of ether oxygens (including phenoxy) is 1. The molecule has 0 atom stereocenters. The summed E-state index contributed by atoms with van der Waals surface area (Å²) in [5.74, 6) is 0.309. The summed E-state index contributed by atoms with van der Waals surface area (Å²) in [6.07, 6.45) is 2.72. The van der Waals surface area contributed by atoms with Crippen molar-refractivity contribution < 1.29 is 18.7 Å². The van der Waals surface area contributed by atoms with E-state index in [0.717, 1.165) is 18.9 Å². The maximum absolute atomic E-state index is 13.5. The van der Waals surface area contributed by atoms with Crippen LogP contribution in [0.2, 0.25) is 0 Å². The largest absolute Gasteiger partial charge is 0.378 e. The molecule has 0 aliphatic carbocycles. The molecule has 2 saturated heterocycles. The highest BCUT2D eigenvalue weighted by Crippen LogP contribution is 2.23. The standard InChI is InChI=1S/C23H25BrFIN6O3/c24-18-13-16(1-3-19(18)25)28-22(30-26)21(33)15-5-7-32(8-6-15)23(34)29-17-2-4-20(27-14-17)31-9-11-35-12-10-31/h1-4,13-15H,5-12H2,(H,28,30)(H,29,34). The summed E-state index contributed by atoms with van der Waals surface area (Å²) >= 11 is 4.92. The fourth-order valence-corrected chi connectivity index (χ4v) is 4.75. The van der Waals surface area contributed by atoms with Crippen LogP contribution < -0.4 is 15.5 Å². The lowest BCUT2D eigenvalue weighted by Crippen LogP contribution is -2.44. The van der Waals surface area contributed by atoms with Crippen LogP contribution in [0.5, 0.6) is 0 Å². The Balaban J connectivity index is 1.27. The second-order valence-electron chi connectivity index (χ2n) is 8.25. The molecular formula is C23H25BrFIN6O3. The average molecular weight is 659 g/mol. The average Bonchev–Trinajstić information content (AvgIpc) is 2.90. The fourth-order valence-electron chi connectivity index (χ4n) is 4.02. The van der Waals surface area contributed by atoms with Gasteiger partial charge in [-0.05, 0) is 59.1 Å². The number of carbonyl (C=O) groups is 2. The Morgan fingerprint density at radius 3 is 2.43 bits per heavy atom. The number of benzene rings is 1. The molecule has 2 fully saturated rings. The van der Waals surface area contributed by atoms with Crippen LogP contribution in [-0.2, 0) is 9.53 Å². The van der Waals surface area contributed by atoms with E-state index in [1.807, 2.05) is 12.1 Å². The van der Waals surface area contributed by atoms with Gasteiger partial charge in [0, 0.05) is 37.8 Å². The van der Waals surface area contributed by atoms with E-state index < -0.39 is 0 Å². The fraction of sp³-hybridized carbons (Fsp3) is 0.391. The Labute approximate surface area is 225 Å². The van der Waals surface area contributed by atoms with E-state index in [1.165, 1.54) is 6.07 Å². The molecule has 2 amide bonds. The summed E-state index contributed by atoms with van der Waals surface area (Å²) in [5.41, 5.74) is 1.19. The van der Waals surface area contributed by atoms with Crippen molar-refractivity contribution in [1.82, 2.24) is 9.88 Å². The third-order valence-corrected chi connectivity index (χ3v) is 7.08. The van der Waals surface area contributed by atoms with Crippen LogP contribution in [0.3, 0.4) is 0 Å². The Morgan fingerprint density at radius 2 is 1.80 bits per heavy atom. The van der Waals surface area contributed by atoms with Crippen molar-refractivity contribution in [2.24, 2.45) is 9.12 Å². The summed E-state index contributed by atoms with van der Waals surface area (Å²) in [6.45, 7) is 3.88. The smallest absolute Gasteiger partial charge is 0.321 e. The molecule has 4 rings (SSSR count). The number of hydrogen-bond donors (Lipinski definition) is 2. The summed E-state index contributed by atoms with van der Waals surface area (Å²) in [4.78, 5) is 34.0. The molecule has 35 heavy (non-hydrogen) atoms. The van der Waals surface area contributed by atoms with Gasteiger partial charge >= 0.3 is 6.03 Å². The number of pyridine rings is 1. The molecule has 9 nitrogen and oxygen atoms in total. The van der Waals surface area contributed by atoms with Crippen molar-refractivity contribution in [3.05, 3.63) is 46.8 Å². The quantitative estimate of drug-likeness (QED) is 0.279. The lowest BCUT2D eigenvalue weighted by Gasteiger charge is -2.31. The van der Waals surface area contributed by atoms with E-state index >= 15 is 0 Å². The second-order valence-corrected chi connectivity index (χ2v) is 9.58. The monoisotopic (exact) mass is 658 g/mol. The molecule has 2 aliphatic heterocycles. The van der Waals surface area contributed by atoms with Gasteiger partial charge in [0.05, 0.1) is 52.4 Å². The highest BCUT2D eigenvalue weighted by molar-refractivity contribution is 14.1. The predicted octanol–water partition coefficient (Wildman–Crippen LogP) is 4.49. The van der Waals surface area contributed by atoms with Crippen molar-refractivity contribution in [2.45, 2.75) is 12.8 Å². The van der Waals surface area contributed by atoms with Crippen molar-refractivity contribution in [3.63, 3.8) is 0 Å². The molecule has 0 radical (unpaired) electrons. The first-order valence-corrected chi connectivity index (χ1v) is 13.0. The van der Waals surface area contributed by atoms with Gasteiger partial charge in [0.2, 0.25) is 5.78 Å². The highest BCUT2D eigenvalue weighted by atomic mass is 127. The number of nitrogens with zero attached hydrogens (tertiary/aromatic N) is 4. The third-order valence-electron chi connectivity index (χ3n) is 5.99. The molecule has 2 aromatic rings. The van der Waals surface area contributed by atoms with Gasteiger partial charge in [0.15, 0.2) is 5.84 Å². The number of hydrogen-bond acceptors (Lipinski definition) is 6. The van der Waals surface area contributed by atoms with Gasteiger partial charge in [-0.1, -0.05) is 0 Å². The zero-order valence-electron chi connectivity index (χ0n) is 18.8.